The lowest BCUT2D eigenvalue weighted by Crippen LogP contribution is -2.06. The van der Waals surface area contributed by atoms with Gasteiger partial charge in [-0.05, 0) is 38.5 Å². The molecule has 0 aromatic heterocycles. The van der Waals surface area contributed by atoms with E-state index in [9.17, 15) is 0 Å². The third-order valence-electron chi connectivity index (χ3n) is 2.90. The first-order chi connectivity index (χ1) is 9.13. The highest BCUT2D eigenvalue weighted by Gasteiger charge is 2.04. The van der Waals surface area contributed by atoms with E-state index in [4.69, 9.17) is 16.3 Å². The summed E-state index contributed by atoms with van der Waals surface area (Å²) in [4.78, 5) is 0. The van der Waals surface area contributed by atoms with Gasteiger partial charge in [-0.25, -0.2) is 0 Å². The maximum absolute atomic E-state index is 6.19. The number of hydrogen-bond acceptors (Lipinski definition) is 2. The SMILES string of the molecule is CCCCCCCNc1ccc(OC(C)C)c(Cl)c1. The number of anilines is 1. The number of rotatable bonds is 9. The van der Waals surface area contributed by atoms with Gasteiger partial charge in [0.2, 0.25) is 0 Å². The van der Waals surface area contributed by atoms with Crippen LogP contribution in [-0.4, -0.2) is 12.6 Å². The first-order valence-electron chi connectivity index (χ1n) is 7.33. The molecule has 0 heterocycles. The summed E-state index contributed by atoms with van der Waals surface area (Å²) < 4.78 is 5.61. The van der Waals surface area contributed by atoms with Crippen molar-refractivity contribution in [1.29, 1.82) is 0 Å². The monoisotopic (exact) mass is 283 g/mol. The molecule has 1 aromatic carbocycles. The van der Waals surface area contributed by atoms with E-state index in [1.165, 1.54) is 32.1 Å². The Morgan fingerprint density at radius 2 is 1.89 bits per heavy atom. The molecule has 3 heteroatoms. The quantitative estimate of drug-likeness (QED) is 0.603. The fourth-order valence-corrected chi connectivity index (χ4v) is 2.15. The highest BCUT2D eigenvalue weighted by atomic mass is 35.5. The number of halogens is 1. The average Bonchev–Trinajstić information content (AvgIpc) is 2.36. The zero-order valence-electron chi connectivity index (χ0n) is 12.3. The zero-order chi connectivity index (χ0) is 14.1. The van der Waals surface area contributed by atoms with Crippen LogP contribution in [0, 0.1) is 0 Å². The predicted molar refractivity (Wildman–Crippen MR) is 84.5 cm³/mol. The molecular weight excluding hydrogens is 258 g/mol. The van der Waals surface area contributed by atoms with Crippen LogP contribution in [0.15, 0.2) is 18.2 Å². The fraction of sp³-hybridized carbons (Fsp3) is 0.625. The number of benzene rings is 1. The van der Waals surface area contributed by atoms with Crippen molar-refractivity contribution in [2.24, 2.45) is 0 Å². The number of hydrogen-bond donors (Lipinski definition) is 1. The van der Waals surface area contributed by atoms with Crippen LogP contribution in [0.2, 0.25) is 5.02 Å². The van der Waals surface area contributed by atoms with E-state index in [-0.39, 0.29) is 6.10 Å². The average molecular weight is 284 g/mol. The molecule has 0 aliphatic heterocycles. The number of ether oxygens (including phenoxy) is 1. The Morgan fingerprint density at radius 1 is 1.16 bits per heavy atom. The van der Waals surface area contributed by atoms with Gasteiger partial charge >= 0.3 is 0 Å². The maximum Gasteiger partial charge on any atom is 0.138 e. The van der Waals surface area contributed by atoms with Crippen LogP contribution in [-0.2, 0) is 0 Å². The minimum absolute atomic E-state index is 0.148. The molecule has 0 aliphatic carbocycles. The topological polar surface area (TPSA) is 21.3 Å². The van der Waals surface area contributed by atoms with Crippen LogP contribution >= 0.6 is 11.6 Å². The smallest absolute Gasteiger partial charge is 0.138 e. The summed E-state index contributed by atoms with van der Waals surface area (Å²) in [7, 11) is 0. The van der Waals surface area contributed by atoms with Gasteiger partial charge in [-0.2, -0.15) is 0 Å². The second-order valence-corrected chi connectivity index (χ2v) is 5.56. The van der Waals surface area contributed by atoms with Gasteiger partial charge in [0.25, 0.3) is 0 Å². The Bertz CT molecular complexity index is 366. The standard InChI is InChI=1S/C16H26ClNO/c1-4-5-6-7-8-11-18-14-9-10-16(15(17)12-14)19-13(2)3/h9-10,12-13,18H,4-8,11H2,1-3H3. The van der Waals surface area contributed by atoms with Gasteiger partial charge in [0.15, 0.2) is 0 Å². The molecule has 0 saturated carbocycles. The number of nitrogens with one attached hydrogen (secondary N) is 1. The predicted octanol–water partition coefficient (Wildman–Crippen LogP) is 5.51. The van der Waals surface area contributed by atoms with E-state index in [2.05, 4.69) is 12.2 Å². The molecule has 2 nitrogen and oxygen atoms in total. The molecule has 1 rings (SSSR count). The van der Waals surface area contributed by atoms with E-state index in [1.807, 2.05) is 32.0 Å². The minimum Gasteiger partial charge on any atom is -0.489 e. The lowest BCUT2D eigenvalue weighted by molar-refractivity contribution is 0.242. The summed E-state index contributed by atoms with van der Waals surface area (Å²) in [5.74, 6) is 0.755. The Hall–Kier alpha value is -0.890. The van der Waals surface area contributed by atoms with Gasteiger partial charge in [0, 0.05) is 12.2 Å². The van der Waals surface area contributed by atoms with Crippen LogP contribution in [0.1, 0.15) is 52.9 Å². The van der Waals surface area contributed by atoms with E-state index in [0.717, 1.165) is 18.0 Å². The summed E-state index contributed by atoms with van der Waals surface area (Å²) in [5.41, 5.74) is 1.07. The summed E-state index contributed by atoms with van der Waals surface area (Å²) in [6.45, 7) is 7.24. The van der Waals surface area contributed by atoms with Crippen molar-refractivity contribution < 1.29 is 4.74 Å². The highest BCUT2D eigenvalue weighted by Crippen LogP contribution is 2.28. The molecule has 0 atom stereocenters. The third-order valence-corrected chi connectivity index (χ3v) is 3.20. The molecule has 0 saturated heterocycles. The molecule has 108 valence electrons. The lowest BCUT2D eigenvalue weighted by Gasteiger charge is -2.13. The van der Waals surface area contributed by atoms with E-state index < -0.39 is 0 Å². The van der Waals surface area contributed by atoms with Crippen molar-refractivity contribution in [3.05, 3.63) is 23.2 Å². The van der Waals surface area contributed by atoms with Crippen molar-refractivity contribution in [1.82, 2.24) is 0 Å². The molecule has 0 radical (unpaired) electrons. The van der Waals surface area contributed by atoms with E-state index in [1.54, 1.807) is 0 Å². The molecule has 0 bridgehead atoms. The van der Waals surface area contributed by atoms with Gasteiger partial charge in [-0.15, -0.1) is 0 Å². The molecule has 1 N–H and O–H groups in total. The minimum atomic E-state index is 0.148. The van der Waals surface area contributed by atoms with Crippen molar-refractivity contribution in [2.75, 3.05) is 11.9 Å². The molecule has 0 spiro atoms. The maximum atomic E-state index is 6.19. The highest BCUT2D eigenvalue weighted by molar-refractivity contribution is 6.32. The van der Waals surface area contributed by atoms with Crippen molar-refractivity contribution in [2.45, 2.75) is 59.0 Å². The van der Waals surface area contributed by atoms with Crippen LogP contribution in [0.4, 0.5) is 5.69 Å². The largest absolute Gasteiger partial charge is 0.489 e. The second-order valence-electron chi connectivity index (χ2n) is 5.15. The second kappa shape index (κ2) is 9.08. The molecule has 19 heavy (non-hydrogen) atoms. The van der Waals surface area contributed by atoms with Gasteiger partial charge in [0.1, 0.15) is 5.75 Å². The summed E-state index contributed by atoms with van der Waals surface area (Å²) in [5, 5.41) is 4.07. The van der Waals surface area contributed by atoms with Gasteiger partial charge in [-0.3, -0.25) is 0 Å². The molecular formula is C16H26ClNO. The molecule has 0 fully saturated rings. The van der Waals surface area contributed by atoms with E-state index >= 15 is 0 Å². The Balaban J connectivity index is 2.33. The van der Waals surface area contributed by atoms with Gasteiger partial charge in [0.05, 0.1) is 11.1 Å². The summed E-state index contributed by atoms with van der Waals surface area (Å²) >= 11 is 6.19. The van der Waals surface area contributed by atoms with Crippen molar-refractivity contribution >= 4 is 17.3 Å². The molecule has 0 amide bonds. The van der Waals surface area contributed by atoms with Crippen LogP contribution < -0.4 is 10.1 Å². The Kier molecular flexibility index (Phi) is 7.73. The van der Waals surface area contributed by atoms with Gasteiger partial charge in [-0.1, -0.05) is 44.2 Å². The normalized spacial score (nSPS) is 10.8. The fourth-order valence-electron chi connectivity index (χ4n) is 1.92. The summed E-state index contributed by atoms with van der Waals surface area (Å²) in [6.07, 6.45) is 6.62. The first kappa shape index (κ1) is 16.2. The summed E-state index contributed by atoms with van der Waals surface area (Å²) in [6, 6.07) is 5.89. The lowest BCUT2D eigenvalue weighted by atomic mass is 10.1. The zero-order valence-corrected chi connectivity index (χ0v) is 13.1. The van der Waals surface area contributed by atoms with Crippen LogP contribution in [0.5, 0.6) is 5.75 Å². The molecule has 1 aromatic rings. The third kappa shape index (κ3) is 6.72. The number of unbranched alkanes of at least 4 members (excludes halogenated alkanes) is 4. The molecule has 0 aliphatic rings. The first-order valence-corrected chi connectivity index (χ1v) is 7.71. The molecule has 0 unspecified atom stereocenters. The Morgan fingerprint density at radius 3 is 2.53 bits per heavy atom. The Labute approximate surface area is 122 Å². The van der Waals surface area contributed by atoms with Crippen LogP contribution in [0.3, 0.4) is 0 Å². The van der Waals surface area contributed by atoms with Crippen molar-refractivity contribution in [3.8, 4) is 5.75 Å². The van der Waals surface area contributed by atoms with Gasteiger partial charge < -0.3 is 10.1 Å². The van der Waals surface area contributed by atoms with Crippen molar-refractivity contribution in [3.63, 3.8) is 0 Å². The van der Waals surface area contributed by atoms with Crippen LogP contribution in [0.25, 0.3) is 0 Å². The van der Waals surface area contributed by atoms with E-state index in [0.29, 0.717) is 5.02 Å².